The highest BCUT2D eigenvalue weighted by Gasteiger charge is 2.17. The Morgan fingerprint density at radius 3 is 2.52 bits per heavy atom. The molecule has 164 valence electrons. The minimum absolute atomic E-state index is 0.0992. The van der Waals surface area contributed by atoms with Gasteiger partial charge in [0.1, 0.15) is 0 Å². The summed E-state index contributed by atoms with van der Waals surface area (Å²) >= 11 is 4.60. The molecule has 5 rings (SSSR count). The average molecular weight is 490 g/mol. The van der Waals surface area contributed by atoms with Crippen molar-refractivity contribution < 1.29 is 4.79 Å². The van der Waals surface area contributed by atoms with Crippen molar-refractivity contribution >= 4 is 56.7 Å². The first-order chi connectivity index (χ1) is 16.2. The van der Waals surface area contributed by atoms with E-state index in [0.717, 1.165) is 37.3 Å². The number of amides is 1. The van der Waals surface area contributed by atoms with Crippen molar-refractivity contribution in [1.82, 2.24) is 19.7 Å². The van der Waals surface area contributed by atoms with Crippen molar-refractivity contribution in [3.8, 4) is 17.1 Å². The molecule has 0 aliphatic carbocycles. The molecule has 9 heteroatoms. The number of nitrogens with zero attached hydrogens (tertiary/aromatic N) is 4. The van der Waals surface area contributed by atoms with Gasteiger partial charge in [0.25, 0.3) is 0 Å². The number of rotatable bonds is 7. The van der Waals surface area contributed by atoms with Gasteiger partial charge in [-0.25, -0.2) is 4.98 Å². The van der Waals surface area contributed by atoms with Gasteiger partial charge in [-0.1, -0.05) is 72.1 Å². The maximum atomic E-state index is 12.7. The molecule has 1 N–H and O–H groups in total. The van der Waals surface area contributed by atoms with Gasteiger partial charge in [-0.2, -0.15) is 0 Å². The third kappa shape index (κ3) is 4.80. The zero-order valence-electron chi connectivity index (χ0n) is 17.6. The second-order valence-electron chi connectivity index (χ2n) is 7.05. The van der Waals surface area contributed by atoms with Gasteiger partial charge in [0.05, 0.1) is 16.0 Å². The SMILES string of the molecule is CSc1nc2ccc(NC(=O)CSc3nnc(-c4ccccc4)n3-c3ccccc3)cc2s1. The number of hydrogen-bond acceptors (Lipinski definition) is 7. The molecule has 0 saturated heterocycles. The molecule has 0 spiro atoms. The van der Waals surface area contributed by atoms with Crippen molar-refractivity contribution in [3.05, 3.63) is 78.9 Å². The molecule has 0 aliphatic rings. The molecule has 2 aromatic heterocycles. The maximum absolute atomic E-state index is 12.7. The van der Waals surface area contributed by atoms with E-state index in [1.807, 2.05) is 89.7 Å². The van der Waals surface area contributed by atoms with Crippen LogP contribution in [0.3, 0.4) is 0 Å². The summed E-state index contributed by atoms with van der Waals surface area (Å²) < 4.78 is 4.06. The van der Waals surface area contributed by atoms with E-state index >= 15 is 0 Å². The Morgan fingerprint density at radius 2 is 1.76 bits per heavy atom. The summed E-state index contributed by atoms with van der Waals surface area (Å²) in [6, 6.07) is 25.6. The molecule has 6 nitrogen and oxygen atoms in total. The van der Waals surface area contributed by atoms with Gasteiger partial charge in [-0.3, -0.25) is 9.36 Å². The fourth-order valence-corrected chi connectivity index (χ4v) is 5.62. The number of carbonyl (C=O) groups is 1. The summed E-state index contributed by atoms with van der Waals surface area (Å²) in [6.07, 6.45) is 2.01. The van der Waals surface area contributed by atoms with Crippen LogP contribution < -0.4 is 5.32 Å². The van der Waals surface area contributed by atoms with Gasteiger partial charge in [0.2, 0.25) is 5.91 Å². The normalized spacial score (nSPS) is 11.1. The second kappa shape index (κ2) is 9.78. The van der Waals surface area contributed by atoms with Crippen LogP contribution >= 0.6 is 34.9 Å². The zero-order valence-corrected chi connectivity index (χ0v) is 20.1. The molecule has 33 heavy (non-hydrogen) atoms. The summed E-state index contributed by atoms with van der Waals surface area (Å²) in [5.41, 5.74) is 3.62. The summed E-state index contributed by atoms with van der Waals surface area (Å²) in [6.45, 7) is 0. The van der Waals surface area contributed by atoms with Crippen LogP contribution in [0.4, 0.5) is 5.69 Å². The van der Waals surface area contributed by atoms with Gasteiger partial charge < -0.3 is 5.32 Å². The highest BCUT2D eigenvalue weighted by atomic mass is 32.2. The Kier molecular flexibility index (Phi) is 6.43. The lowest BCUT2D eigenvalue weighted by molar-refractivity contribution is -0.113. The Labute approximate surface area is 203 Å². The molecule has 0 aliphatic heterocycles. The van der Waals surface area contributed by atoms with Crippen LogP contribution in [0, 0.1) is 0 Å². The van der Waals surface area contributed by atoms with Gasteiger partial charge >= 0.3 is 0 Å². The average Bonchev–Trinajstić information content (AvgIpc) is 3.47. The Bertz CT molecular complexity index is 1400. The highest BCUT2D eigenvalue weighted by Crippen LogP contribution is 2.31. The molecule has 0 unspecified atom stereocenters. The van der Waals surface area contributed by atoms with Gasteiger partial charge in [-0.05, 0) is 36.6 Å². The first-order valence-corrected chi connectivity index (χ1v) is 13.2. The number of fused-ring (bicyclic) bond motifs is 1. The molecule has 0 fully saturated rings. The van der Waals surface area contributed by atoms with Crippen molar-refractivity contribution in [2.45, 2.75) is 9.50 Å². The summed E-state index contributed by atoms with van der Waals surface area (Å²) in [7, 11) is 0. The zero-order chi connectivity index (χ0) is 22.6. The number of carbonyl (C=O) groups excluding carboxylic acids is 1. The standard InChI is InChI=1S/C24H19N5OS3/c1-31-24-26-19-13-12-17(14-20(19)33-24)25-21(30)15-32-23-28-27-22(16-8-4-2-5-9-16)29(23)18-10-6-3-7-11-18/h2-14H,15H2,1H3,(H,25,30). The van der Waals surface area contributed by atoms with Crippen LogP contribution in [0.2, 0.25) is 0 Å². The third-order valence-electron chi connectivity index (χ3n) is 4.84. The van der Waals surface area contributed by atoms with Crippen molar-refractivity contribution in [1.29, 1.82) is 0 Å². The monoisotopic (exact) mass is 489 g/mol. The number of nitrogens with one attached hydrogen (secondary N) is 1. The van der Waals surface area contributed by atoms with E-state index in [0.29, 0.717) is 5.16 Å². The molecule has 0 atom stereocenters. The lowest BCUT2D eigenvalue weighted by Gasteiger charge is -2.10. The van der Waals surface area contributed by atoms with E-state index in [1.165, 1.54) is 11.8 Å². The lowest BCUT2D eigenvalue weighted by atomic mass is 10.2. The smallest absolute Gasteiger partial charge is 0.234 e. The van der Waals surface area contributed by atoms with E-state index in [-0.39, 0.29) is 11.7 Å². The minimum atomic E-state index is -0.0992. The van der Waals surface area contributed by atoms with E-state index in [9.17, 15) is 4.79 Å². The number of anilines is 1. The topological polar surface area (TPSA) is 72.7 Å². The molecular weight excluding hydrogens is 470 g/mol. The predicted octanol–water partition coefficient (Wildman–Crippen LogP) is 6.00. The van der Waals surface area contributed by atoms with Gasteiger partial charge in [0.15, 0.2) is 15.3 Å². The summed E-state index contributed by atoms with van der Waals surface area (Å²) in [4.78, 5) is 17.2. The number of thioether (sulfide) groups is 2. The number of para-hydroxylation sites is 1. The summed E-state index contributed by atoms with van der Waals surface area (Å²) in [5.74, 6) is 0.860. The number of hydrogen-bond donors (Lipinski definition) is 1. The molecule has 2 heterocycles. The number of aromatic nitrogens is 4. The lowest BCUT2D eigenvalue weighted by Crippen LogP contribution is -2.14. The molecular formula is C24H19N5OS3. The Morgan fingerprint density at radius 1 is 1.00 bits per heavy atom. The number of thiazole rings is 1. The van der Waals surface area contributed by atoms with E-state index in [1.54, 1.807) is 23.1 Å². The van der Waals surface area contributed by atoms with E-state index < -0.39 is 0 Å². The van der Waals surface area contributed by atoms with E-state index in [2.05, 4.69) is 20.5 Å². The van der Waals surface area contributed by atoms with Crippen LogP contribution in [0.5, 0.6) is 0 Å². The van der Waals surface area contributed by atoms with Crippen molar-refractivity contribution in [2.75, 3.05) is 17.3 Å². The number of benzene rings is 3. The Balaban J connectivity index is 1.35. The fraction of sp³-hybridized carbons (Fsp3) is 0.0833. The van der Waals surface area contributed by atoms with Gasteiger partial charge in [0, 0.05) is 16.9 Å². The molecule has 0 radical (unpaired) electrons. The van der Waals surface area contributed by atoms with Crippen molar-refractivity contribution in [3.63, 3.8) is 0 Å². The van der Waals surface area contributed by atoms with Gasteiger partial charge in [-0.15, -0.1) is 21.5 Å². The first-order valence-electron chi connectivity index (χ1n) is 10.1. The molecule has 1 amide bonds. The minimum Gasteiger partial charge on any atom is -0.325 e. The Hall–Kier alpha value is -3.14. The maximum Gasteiger partial charge on any atom is 0.234 e. The molecule has 0 bridgehead atoms. The molecule has 0 saturated carbocycles. The third-order valence-corrected chi connectivity index (χ3v) is 7.77. The first kappa shape index (κ1) is 21.7. The predicted molar refractivity (Wildman–Crippen MR) is 138 cm³/mol. The van der Waals surface area contributed by atoms with Crippen LogP contribution in [0.1, 0.15) is 0 Å². The highest BCUT2D eigenvalue weighted by molar-refractivity contribution is 8.00. The summed E-state index contributed by atoms with van der Waals surface area (Å²) in [5, 5.41) is 12.5. The van der Waals surface area contributed by atoms with E-state index in [4.69, 9.17) is 0 Å². The molecule has 5 aromatic rings. The van der Waals surface area contributed by atoms with Crippen molar-refractivity contribution in [2.24, 2.45) is 0 Å². The van der Waals surface area contributed by atoms with Crippen LogP contribution in [-0.4, -0.2) is 37.7 Å². The van der Waals surface area contributed by atoms with Crippen LogP contribution in [0.25, 0.3) is 27.3 Å². The molecule has 3 aromatic carbocycles. The van der Waals surface area contributed by atoms with Crippen LogP contribution in [0.15, 0.2) is 88.4 Å². The quantitative estimate of drug-likeness (QED) is 0.283. The van der Waals surface area contributed by atoms with Crippen LogP contribution in [-0.2, 0) is 4.79 Å². The fourth-order valence-electron chi connectivity index (χ4n) is 3.34. The second-order valence-corrected chi connectivity index (χ2v) is 10.1. The largest absolute Gasteiger partial charge is 0.325 e.